The number of fused-ring (bicyclic) bond motifs is 1. The summed E-state index contributed by atoms with van der Waals surface area (Å²) < 4.78 is 30.1. The van der Waals surface area contributed by atoms with E-state index in [1.54, 1.807) is 47.4 Å². The van der Waals surface area contributed by atoms with Gasteiger partial charge in [-0.25, -0.2) is 17.4 Å². The van der Waals surface area contributed by atoms with E-state index < -0.39 is 10.0 Å². The van der Waals surface area contributed by atoms with Crippen molar-refractivity contribution in [3.8, 4) is 11.1 Å². The number of pyridine rings is 1. The molecule has 0 saturated heterocycles. The third-order valence-electron chi connectivity index (χ3n) is 7.39. The van der Waals surface area contributed by atoms with Crippen molar-refractivity contribution in [3.05, 3.63) is 72.8 Å². The summed E-state index contributed by atoms with van der Waals surface area (Å²) in [7, 11) is -1.96. The van der Waals surface area contributed by atoms with E-state index in [4.69, 9.17) is 4.98 Å². The number of rotatable bonds is 6. The summed E-state index contributed by atoms with van der Waals surface area (Å²) >= 11 is 0. The minimum atomic E-state index is -3.81. The number of benzene rings is 1. The van der Waals surface area contributed by atoms with E-state index >= 15 is 0 Å². The smallest absolute Gasteiger partial charge is 0.269 e. The lowest BCUT2D eigenvalue weighted by Gasteiger charge is -2.11. The van der Waals surface area contributed by atoms with Crippen LogP contribution in [0.1, 0.15) is 39.7 Å². The Morgan fingerprint density at radius 3 is 2.44 bits per heavy atom. The third kappa shape index (κ3) is 3.50. The molecule has 0 amide bonds. The molecule has 34 heavy (non-hydrogen) atoms. The number of aromatic nitrogens is 4. The first-order valence-electron chi connectivity index (χ1n) is 11.7. The van der Waals surface area contributed by atoms with Crippen LogP contribution in [-0.2, 0) is 17.1 Å². The van der Waals surface area contributed by atoms with Gasteiger partial charge in [-0.1, -0.05) is 52.0 Å². The minimum absolute atomic E-state index is 0.232. The van der Waals surface area contributed by atoms with Crippen molar-refractivity contribution in [2.45, 2.75) is 39.0 Å². The zero-order chi connectivity index (χ0) is 24.3. The highest BCUT2D eigenvalue weighted by atomic mass is 32.2. The second-order valence-electron chi connectivity index (χ2n) is 9.81. The molecule has 176 valence electrons. The molecular formula is C27H30N4O2S. The van der Waals surface area contributed by atoms with Crippen molar-refractivity contribution < 1.29 is 8.42 Å². The summed E-state index contributed by atoms with van der Waals surface area (Å²) in [6, 6.07) is 10.6. The van der Waals surface area contributed by atoms with E-state index in [-0.39, 0.29) is 10.3 Å². The monoisotopic (exact) mass is 474 g/mol. The number of allylic oxidation sites excluding steroid dienone is 2. The van der Waals surface area contributed by atoms with Gasteiger partial charge in [0.15, 0.2) is 5.65 Å². The van der Waals surface area contributed by atoms with Crippen LogP contribution >= 0.6 is 0 Å². The standard InChI is InChI=1S/C27H30N4O2S/c1-6-10-22(25-18(2)27(25,3)4)19-13-23-24(20-15-29-30(5)16-20)17-31(26(23)28-14-19)34(32,33)21-11-8-7-9-12-21/h7-18,25H,6H2,1-5H3/b22-10-. The lowest BCUT2D eigenvalue weighted by molar-refractivity contribution is 0.572. The first-order chi connectivity index (χ1) is 16.2. The Kier molecular flexibility index (Phi) is 5.28. The van der Waals surface area contributed by atoms with Gasteiger partial charge in [-0.05, 0) is 53.0 Å². The molecule has 2 unspecified atom stereocenters. The van der Waals surface area contributed by atoms with Crippen molar-refractivity contribution in [3.63, 3.8) is 0 Å². The average Bonchev–Trinajstić information content (AvgIpc) is 3.18. The van der Waals surface area contributed by atoms with Crippen LogP contribution in [0.2, 0.25) is 0 Å². The predicted octanol–water partition coefficient (Wildman–Crippen LogP) is 5.76. The van der Waals surface area contributed by atoms with Crippen molar-refractivity contribution in [1.29, 1.82) is 0 Å². The summed E-state index contributed by atoms with van der Waals surface area (Å²) in [5.74, 6) is 1.05. The third-order valence-corrected chi connectivity index (χ3v) is 9.05. The summed E-state index contributed by atoms with van der Waals surface area (Å²) in [6.07, 6.45) is 10.4. The maximum Gasteiger partial charge on any atom is 0.269 e. The van der Waals surface area contributed by atoms with Gasteiger partial charge in [0.1, 0.15) is 0 Å². The second-order valence-corrected chi connectivity index (χ2v) is 11.6. The van der Waals surface area contributed by atoms with Gasteiger partial charge in [-0.2, -0.15) is 5.10 Å². The zero-order valence-electron chi connectivity index (χ0n) is 20.2. The normalized spacial score (nSPS) is 20.1. The fourth-order valence-electron chi connectivity index (χ4n) is 5.13. The van der Waals surface area contributed by atoms with Gasteiger partial charge in [0, 0.05) is 42.2 Å². The van der Waals surface area contributed by atoms with E-state index in [2.05, 4.69) is 44.9 Å². The number of nitrogens with zero attached hydrogens (tertiary/aromatic N) is 4. The van der Waals surface area contributed by atoms with Crippen LogP contribution in [0.3, 0.4) is 0 Å². The summed E-state index contributed by atoms with van der Waals surface area (Å²) in [5, 5.41) is 5.11. The van der Waals surface area contributed by atoms with Gasteiger partial charge < -0.3 is 0 Å². The lowest BCUT2D eigenvalue weighted by Crippen LogP contribution is -2.12. The van der Waals surface area contributed by atoms with Crippen molar-refractivity contribution in [2.75, 3.05) is 0 Å². The Balaban J connectivity index is 1.74. The molecule has 0 N–H and O–H groups in total. The molecule has 4 aromatic rings. The Labute approximate surface area is 201 Å². The van der Waals surface area contributed by atoms with Crippen molar-refractivity contribution >= 4 is 26.6 Å². The van der Waals surface area contributed by atoms with Gasteiger partial charge in [0.25, 0.3) is 10.0 Å². The molecule has 5 rings (SSSR count). The van der Waals surface area contributed by atoms with Gasteiger partial charge >= 0.3 is 0 Å². The van der Waals surface area contributed by atoms with E-state index in [0.717, 1.165) is 28.5 Å². The molecule has 0 aliphatic heterocycles. The Bertz CT molecular complexity index is 1510. The van der Waals surface area contributed by atoms with E-state index in [9.17, 15) is 8.42 Å². The lowest BCUT2D eigenvalue weighted by atomic mass is 9.95. The van der Waals surface area contributed by atoms with Crippen LogP contribution in [-0.4, -0.2) is 27.2 Å². The van der Waals surface area contributed by atoms with Crippen LogP contribution in [0, 0.1) is 17.3 Å². The quantitative estimate of drug-likeness (QED) is 0.356. The molecule has 1 aliphatic rings. The van der Waals surface area contributed by atoms with Crippen LogP contribution in [0.4, 0.5) is 0 Å². The van der Waals surface area contributed by atoms with Crippen LogP contribution in [0.5, 0.6) is 0 Å². The van der Waals surface area contributed by atoms with Crippen LogP contribution in [0.25, 0.3) is 27.7 Å². The highest BCUT2D eigenvalue weighted by Gasteiger charge is 2.56. The number of aryl methyl sites for hydroxylation is 1. The average molecular weight is 475 g/mol. The molecule has 6 nitrogen and oxygen atoms in total. The largest absolute Gasteiger partial charge is 0.275 e. The Hall–Kier alpha value is -3.19. The van der Waals surface area contributed by atoms with Gasteiger partial charge in [-0.15, -0.1) is 0 Å². The first kappa shape index (κ1) is 22.6. The zero-order valence-corrected chi connectivity index (χ0v) is 21.0. The number of hydrogen-bond acceptors (Lipinski definition) is 4. The molecular weight excluding hydrogens is 444 g/mol. The summed E-state index contributed by atoms with van der Waals surface area (Å²) in [4.78, 5) is 4.96. The summed E-state index contributed by atoms with van der Waals surface area (Å²) in [6.45, 7) is 9.06. The van der Waals surface area contributed by atoms with E-state index in [1.807, 2.05) is 19.4 Å². The molecule has 3 heterocycles. The number of hydrogen-bond donors (Lipinski definition) is 0. The molecule has 0 bridgehead atoms. The van der Waals surface area contributed by atoms with Gasteiger partial charge in [0.05, 0.1) is 11.1 Å². The van der Waals surface area contributed by atoms with E-state index in [1.165, 1.54) is 9.55 Å². The molecule has 1 saturated carbocycles. The molecule has 0 radical (unpaired) electrons. The van der Waals surface area contributed by atoms with Crippen LogP contribution < -0.4 is 0 Å². The topological polar surface area (TPSA) is 69.8 Å². The fraction of sp³-hybridized carbons (Fsp3) is 0.333. The maximum atomic E-state index is 13.6. The predicted molar refractivity (Wildman–Crippen MR) is 136 cm³/mol. The highest BCUT2D eigenvalue weighted by molar-refractivity contribution is 7.90. The second kappa shape index (κ2) is 7.94. The van der Waals surface area contributed by atoms with Crippen molar-refractivity contribution in [2.24, 2.45) is 24.3 Å². The summed E-state index contributed by atoms with van der Waals surface area (Å²) in [5.41, 5.74) is 4.67. The molecule has 1 fully saturated rings. The molecule has 0 spiro atoms. The fourth-order valence-corrected chi connectivity index (χ4v) is 6.47. The van der Waals surface area contributed by atoms with Gasteiger partial charge in [-0.3, -0.25) is 4.68 Å². The maximum absolute atomic E-state index is 13.6. The highest BCUT2D eigenvalue weighted by Crippen LogP contribution is 2.63. The molecule has 3 aromatic heterocycles. The Morgan fingerprint density at radius 1 is 1.15 bits per heavy atom. The molecule has 2 atom stereocenters. The van der Waals surface area contributed by atoms with Gasteiger partial charge in [0.2, 0.25) is 0 Å². The van der Waals surface area contributed by atoms with E-state index in [0.29, 0.717) is 17.5 Å². The van der Waals surface area contributed by atoms with Crippen LogP contribution in [0.15, 0.2) is 72.2 Å². The van der Waals surface area contributed by atoms with Crippen molar-refractivity contribution in [1.82, 2.24) is 18.7 Å². The first-order valence-corrected chi connectivity index (χ1v) is 13.1. The molecule has 1 aromatic carbocycles. The minimum Gasteiger partial charge on any atom is -0.275 e. The SMILES string of the molecule is CC/C=C(/c1cnc2c(c1)c(-c1cnn(C)c1)cn2S(=O)(=O)c1ccccc1)C1C(C)C1(C)C. The Morgan fingerprint density at radius 2 is 1.85 bits per heavy atom. The molecule has 7 heteroatoms. The molecule has 1 aliphatic carbocycles.